The van der Waals surface area contributed by atoms with Crippen LogP contribution in [-0.4, -0.2) is 27.4 Å². The lowest BCUT2D eigenvalue weighted by Crippen LogP contribution is -2.36. The van der Waals surface area contributed by atoms with Gasteiger partial charge in [-0.1, -0.05) is 12.1 Å². The van der Waals surface area contributed by atoms with Crippen molar-refractivity contribution in [1.82, 2.24) is 9.88 Å². The topological polar surface area (TPSA) is 99.4 Å². The van der Waals surface area contributed by atoms with Crippen LogP contribution in [-0.2, 0) is 13.0 Å². The smallest absolute Gasteiger partial charge is 0.254 e. The van der Waals surface area contributed by atoms with Gasteiger partial charge in [0.15, 0.2) is 5.88 Å². The molecule has 0 saturated carbocycles. The van der Waals surface area contributed by atoms with E-state index in [1.54, 1.807) is 4.90 Å². The van der Waals surface area contributed by atoms with Crippen molar-refractivity contribution < 1.29 is 9.90 Å². The molecule has 3 rings (SSSR count). The van der Waals surface area contributed by atoms with Crippen molar-refractivity contribution in [2.75, 3.05) is 12.3 Å². The maximum Gasteiger partial charge on any atom is 0.254 e. The van der Waals surface area contributed by atoms with E-state index in [0.29, 0.717) is 19.5 Å². The molecule has 1 aliphatic rings. The van der Waals surface area contributed by atoms with Gasteiger partial charge in [-0.05, 0) is 23.6 Å². The fourth-order valence-corrected chi connectivity index (χ4v) is 2.65. The summed E-state index contributed by atoms with van der Waals surface area (Å²) in [4.78, 5) is 27.6. The van der Waals surface area contributed by atoms with Crippen molar-refractivity contribution >= 4 is 11.6 Å². The molecule has 2 heterocycles. The highest BCUT2D eigenvalue weighted by Gasteiger charge is 2.23. The van der Waals surface area contributed by atoms with Crippen molar-refractivity contribution in [3.63, 3.8) is 0 Å². The number of nitrogens with two attached hydrogens (primary N) is 1. The molecule has 0 unspecified atom stereocenters. The summed E-state index contributed by atoms with van der Waals surface area (Å²) in [5.74, 6) is -0.586. The second-order valence-corrected chi connectivity index (χ2v) is 5.08. The van der Waals surface area contributed by atoms with E-state index in [4.69, 9.17) is 5.73 Å². The van der Waals surface area contributed by atoms with E-state index in [1.165, 1.54) is 12.1 Å². The summed E-state index contributed by atoms with van der Waals surface area (Å²) >= 11 is 0. The predicted molar refractivity (Wildman–Crippen MR) is 78.0 cm³/mol. The molecule has 0 spiro atoms. The number of aromatic hydroxyl groups is 1. The van der Waals surface area contributed by atoms with Gasteiger partial charge in [-0.15, -0.1) is 0 Å². The molecule has 0 aliphatic carbocycles. The molecule has 21 heavy (non-hydrogen) atoms. The lowest BCUT2D eigenvalue weighted by Gasteiger charge is -2.29. The minimum Gasteiger partial charge on any atom is -0.494 e. The molecule has 0 saturated heterocycles. The van der Waals surface area contributed by atoms with Gasteiger partial charge in [0.2, 0.25) is 0 Å². The Hall–Kier alpha value is -2.76. The number of nitrogens with zero attached hydrogens (tertiary/aromatic N) is 1. The minimum atomic E-state index is -0.500. The lowest BCUT2D eigenvalue weighted by molar-refractivity contribution is 0.0734. The molecule has 1 amide bonds. The van der Waals surface area contributed by atoms with Crippen LogP contribution in [0.1, 0.15) is 21.5 Å². The minimum absolute atomic E-state index is 0.184. The van der Waals surface area contributed by atoms with E-state index in [-0.39, 0.29) is 17.4 Å². The first-order valence-electron chi connectivity index (χ1n) is 6.63. The standard InChI is InChI=1S/C15H15N3O3/c16-12-3-1-2-9-8-18(5-4-11(9)12)15(21)10-6-13(19)17-14(20)7-10/h1-3,6-7H,4-5,8,16H2,(H2,17,19,20). The van der Waals surface area contributed by atoms with E-state index in [2.05, 4.69) is 4.98 Å². The Labute approximate surface area is 120 Å². The second kappa shape index (κ2) is 4.97. The van der Waals surface area contributed by atoms with E-state index in [1.807, 2.05) is 18.2 Å². The van der Waals surface area contributed by atoms with Gasteiger partial charge in [-0.2, -0.15) is 0 Å². The summed E-state index contributed by atoms with van der Waals surface area (Å²) in [6.07, 6.45) is 0.683. The van der Waals surface area contributed by atoms with Gasteiger partial charge >= 0.3 is 0 Å². The summed E-state index contributed by atoms with van der Waals surface area (Å²) < 4.78 is 0. The fraction of sp³-hybridized carbons (Fsp3) is 0.200. The number of carbonyl (C=O) groups excluding carboxylic acids is 1. The Morgan fingerprint density at radius 2 is 2.14 bits per heavy atom. The molecule has 6 nitrogen and oxygen atoms in total. The highest BCUT2D eigenvalue weighted by molar-refractivity contribution is 5.94. The first kappa shape index (κ1) is 13.2. The Bertz CT molecular complexity index is 767. The zero-order chi connectivity index (χ0) is 15.0. The zero-order valence-corrected chi connectivity index (χ0v) is 11.3. The molecule has 2 aromatic rings. The largest absolute Gasteiger partial charge is 0.494 e. The molecule has 0 fully saturated rings. The van der Waals surface area contributed by atoms with Crippen LogP contribution in [0.15, 0.2) is 35.1 Å². The predicted octanol–water partition coefficient (Wildman–Crippen LogP) is 0.861. The summed E-state index contributed by atoms with van der Waals surface area (Å²) in [7, 11) is 0. The number of amides is 1. The number of nitrogens with one attached hydrogen (secondary N) is 1. The van der Waals surface area contributed by atoms with Crippen LogP contribution < -0.4 is 11.3 Å². The summed E-state index contributed by atoms with van der Waals surface area (Å²) in [5.41, 5.74) is 8.46. The van der Waals surface area contributed by atoms with Gasteiger partial charge in [0.05, 0.1) is 5.56 Å². The van der Waals surface area contributed by atoms with Crippen molar-refractivity contribution in [2.45, 2.75) is 13.0 Å². The van der Waals surface area contributed by atoms with Crippen molar-refractivity contribution in [3.05, 3.63) is 57.4 Å². The van der Waals surface area contributed by atoms with Crippen LogP contribution in [0.3, 0.4) is 0 Å². The van der Waals surface area contributed by atoms with E-state index in [9.17, 15) is 14.7 Å². The molecule has 108 valence electrons. The monoisotopic (exact) mass is 285 g/mol. The number of aromatic amines is 1. The van der Waals surface area contributed by atoms with Crippen molar-refractivity contribution in [1.29, 1.82) is 0 Å². The Balaban J connectivity index is 1.89. The highest BCUT2D eigenvalue weighted by atomic mass is 16.3. The van der Waals surface area contributed by atoms with Gasteiger partial charge < -0.3 is 15.7 Å². The number of fused-ring (bicyclic) bond motifs is 1. The van der Waals surface area contributed by atoms with Gasteiger partial charge in [-0.25, -0.2) is 0 Å². The molecule has 1 aromatic carbocycles. The number of benzene rings is 1. The number of nitrogen functional groups attached to an aromatic ring is 1. The zero-order valence-electron chi connectivity index (χ0n) is 11.3. The number of aromatic nitrogens is 1. The molecular weight excluding hydrogens is 270 g/mol. The number of pyridine rings is 1. The van der Waals surface area contributed by atoms with E-state index < -0.39 is 5.56 Å². The van der Waals surface area contributed by atoms with Crippen molar-refractivity contribution in [3.8, 4) is 5.88 Å². The number of rotatable bonds is 1. The first-order valence-corrected chi connectivity index (χ1v) is 6.63. The Kier molecular flexibility index (Phi) is 3.13. The average molecular weight is 285 g/mol. The third-order valence-electron chi connectivity index (χ3n) is 3.67. The Morgan fingerprint density at radius 1 is 1.33 bits per heavy atom. The Morgan fingerprint density at radius 3 is 2.90 bits per heavy atom. The van der Waals surface area contributed by atoms with Crippen LogP contribution in [0.25, 0.3) is 0 Å². The van der Waals surface area contributed by atoms with Gasteiger partial charge in [0, 0.05) is 30.9 Å². The van der Waals surface area contributed by atoms with E-state index in [0.717, 1.165) is 16.8 Å². The molecule has 6 heteroatoms. The molecule has 1 aliphatic heterocycles. The SMILES string of the molecule is Nc1cccc2c1CCN(C(=O)c1cc(O)[nH]c(=O)c1)C2. The quantitative estimate of drug-likeness (QED) is 0.677. The number of anilines is 1. The van der Waals surface area contributed by atoms with E-state index >= 15 is 0 Å². The van der Waals surface area contributed by atoms with Crippen LogP contribution in [0, 0.1) is 0 Å². The molecule has 1 aromatic heterocycles. The summed E-state index contributed by atoms with van der Waals surface area (Å²) in [6, 6.07) is 8.11. The molecule has 4 N–H and O–H groups in total. The van der Waals surface area contributed by atoms with Crippen LogP contribution in [0.5, 0.6) is 5.88 Å². The normalized spacial score (nSPS) is 13.8. The number of hydrogen-bond donors (Lipinski definition) is 3. The molecule has 0 bridgehead atoms. The number of hydrogen-bond acceptors (Lipinski definition) is 4. The number of H-pyrrole nitrogens is 1. The van der Waals surface area contributed by atoms with Gasteiger partial charge in [-0.3, -0.25) is 14.6 Å². The van der Waals surface area contributed by atoms with Crippen LogP contribution in [0.4, 0.5) is 5.69 Å². The highest BCUT2D eigenvalue weighted by Crippen LogP contribution is 2.25. The van der Waals surface area contributed by atoms with Gasteiger partial charge in [0.25, 0.3) is 11.5 Å². The van der Waals surface area contributed by atoms with Gasteiger partial charge in [0.1, 0.15) is 0 Å². The third-order valence-corrected chi connectivity index (χ3v) is 3.67. The summed E-state index contributed by atoms with van der Waals surface area (Å²) in [5, 5.41) is 9.39. The average Bonchev–Trinajstić information content (AvgIpc) is 2.45. The van der Waals surface area contributed by atoms with Crippen LogP contribution in [0.2, 0.25) is 0 Å². The maximum absolute atomic E-state index is 12.4. The maximum atomic E-state index is 12.4. The molecule has 0 atom stereocenters. The molecular formula is C15H15N3O3. The van der Waals surface area contributed by atoms with Crippen molar-refractivity contribution in [2.24, 2.45) is 0 Å². The second-order valence-electron chi connectivity index (χ2n) is 5.08. The lowest BCUT2D eigenvalue weighted by atomic mass is 9.97. The first-order chi connectivity index (χ1) is 10.0. The van der Waals surface area contributed by atoms with Crippen LogP contribution >= 0.6 is 0 Å². The summed E-state index contributed by atoms with van der Waals surface area (Å²) in [6.45, 7) is 0.986. The molecule has 0 radical (unpaired) electrons. The third kappa shape index (κ3) is 2.47. The fourth-order valence-electron chi connectivity index (χ4n) is 2.65. The number of carbonyl (C=O) groups is 1.